The highest BCUT2D eigenvalue weighted by Gasteiger charge is 2.16. The average molecular weight is 364 g/mol. The van der Waals surface area contributed by atoms with Gasteiger partial charge in [-0.05, 0) is 43.2 Å². The fourth-order valence-electron chi connectivity index (χ4n) is 2.53. The Morgan fingerprint density at radius 1 is 1.28 bits per heavy atom. The molecule has 1 aliphatic heterocycles. The Kier molecular flexibility index (Phi) is 5.30. The summed E-state index contributed by atoms with van der Waals surface area (Å²) in [5, 5.41) is 14.4. The van der Waals surface area contributed by atoms with Crippen molar-refractivity contribution in [3.8, 4) is 0 Å². The summed E-state index contributed by atoms with van der Waals surface area (Å²) in [6.45, 7) is 1.28. The van der Waals surface area contributed by atoms with Crippen molar-refractivity contribution in [1.29, 1.82) is 0 Å². The molecule has 25 heavy (non-hydrogen) atoms. The summed E-state index contributed by atoms with van der Waals surface area (Å²) in [5.41, 5.74) is 0.647. The largest absolute Gasteiger partial charge is 0.477 e. The number of rotatable bonds is 6. The van der Waals surface area contributed by atoms with E-state index in [1.54, 1.807) is 12.1 Å². The number of halogens is 1. The standard InChI is InChI=1S/C17H17FN2O4S/c18-12-8-10(3-4-13(12)19-9-11-2-1-7-24-11)20-16(21)14-5-6-15(25-14)17(22)23/h3-6,8,11,19H,1-2,7,9H2,(H,20,21)(H,22,23). The lowest BCUT2D eigenvalue weighted by atomic mass is 10.2. The number of anilines is 2. The Balaban J connectivity index is 1.61. The number of amides is 1. The molecule has 1 fully saturated rings. The van der Waals surface area contributed by atoms with Gasteiger partial charge in [0, 0.05) is 18.8 Å². The Hall–Kier alpha value is -2.45. The molecule has 1 aromatic carbocycles. The molecular formula is C17H17FN2O4S. The molecule has 3 rings (SSSR count). The van der Waals surface area contributed by atoms with E-state index in [-0.39, 0.29) is 15.9 Å². The van der Waals surface area contributed by atoms with Crippen molar-refractivity contribution in [2.75, 3.05) is 23.8 Å². The molecule has 1 amide bonds. The maximum absolute atomic E-state index is 14.2. The summed E-state index contributed by atoms with van der Waals surface area (Å²) in [5.74, 6) is -2.04. The molecule has 1 atom stereocenters. The first-order valence-corrected chi connectivity index (χ1v) is 8.64. The topological polar surface area (TPSA) is 87.7 Å². The Morgan fingerprint density at radius 2 is 2.08 bits per heavy atom. The predicted molar refractivity (Wildman–Crippen MR) is 93.1 cm³/mol. The molecule has 0 aliphatic carbocycles. The van der Waals surface area contributed by atoms with E-state index in [0.717, 1.165) is 30.8 Å². The van der Waals surface area contributed by atoms with Gasteiger partial charge in [0.05, 0.1) is 16.7 Å². The van der Waals surface area contributed by atoms with Gasteiger partial charge < -0.3 is 20.5 Å². The number of carboxylic acid groups (broad SMARTS) is 1. The highest BCUT2D eigenvalue weighted by Crippen LogP contribution is 2.22. The zero-order valence-electron chi connectivity index (χ0n) is 13.3. The van der Waals surface area contributed by atoms with Crippen molar-refractivity contribution in [1.82, 2.24) is 0 Å². The van der Waals surface area contributed by atoms with Gasteiger partial charge in [0.15, 0.2) is 0 Å². The molecule has 0 saturated carbocycles. The molecule has 2 aromatic rings. The van der Waals surface area contributed by atoms with Crippen LogP contribution in [-0.2, 0) is 4.74 Å². The van der Waals surface area contributed by atoms with Crippen molar-refractivity contribution in [2.24, 2.45) is 0 Å². The molecule has 3 N–H and O–H groups in total. The van der Waals surface area contributed by atoms with Crippen molar-refractivity contribution < 1.29 is 23.8 Å². The lowest BCUT2D eigenvalue weighted by Crippen LogP contribution is -2.19. The molecule has 1 saturated heterocycles. The number of hydrogen-bond donors (Lipinski definition) is 3. The zero-order valence-corrected chi connectivity index (χ0v) is 14.1. The van der Waals surface area contributed by atoms with Gasteiger partial charge in [-0.25, -0.2) is 9.18 Å². The van der Waals surface area contributed by atoms with Crippen LogP contribution in [0.25, 0.3) is 0 Å². The molecule has 0 spiro atoms. The van der Waals surface area contributed by atoms with Crippen LogP contribution in [0.5, 0.6) is 0 Å². The monoisotopic (exact) mass is 364 g/mol. The van der Waals surface area contributed by atoms with E-state index >= 15 is 0 Å². The van der Waals surface area contributed by atoms with Crippen molar-refractivity contribution >= 4 is 34.6 Å². The quantitative estimate of drug-likeness (QED) is 0.731. The van der Waals surface area contributed by atoms with Crippen LogP contribution in [0, 0.1) is 5.82 Å². The zero-order chi connectivity index (χ0) is 17.8. The average Bonchev–Trinajstić information content (AvgIpc) is 3.26. The molecular weight excluding hydrogens is 347 g/mol. The summed E-state index contributed by atoms with van der Waals surface area (Å²) in [6, 6.07) is 7.15. The smallest absolute Gasteiger partial charge is 0.345 e. The van der Waals surface area contributed by atoms with E-state index < -0.39 is 17.7 Å². The molecule has 1 aliphatic rings. The summed E-state index contributed by atoms with van der Waals surface area (Å²) in [6.07, 6.45) is 2.08. The minimum atomic E-state index is -1.09. The first-order chi connectivity index (χ1) is 12.0. The molecule has 6 nitrogen and oxygen atoms in total. The number of ether oxygens (including phenoxy) is 1. The molecule has 132 valence electrons. The summed E-state index contributed by atoms with van der Waals surface area (Å²) in [7, 11) is 0. The number of benzene rings is 1. The van der Waals surface area contributed by atoms with Crippen LogP contribution in [0.3, 0.4) is 0 Å². The van der Waals surface area contributed by atoms with Gasteiger partial charge in [-0.3, -0.25) is 4.79 Å². The highest BCUT2D eigenvalue weighted by molar-refractivity contribution is 7.15. The van der Waals surface area contributed by atoms with Crippen LogP contribution in [-0.4, -0.2) is 36.2 Å². The maximum Gasteiger partial charge on any atom is 0.345 e. The summed E-state index contributed by atoms with van der Waals surface area (Å²) >= 11 is 0.866. The predicted octanol–water partition coefficient (Wildman–Crippen LogP) is 3.43. The van der Waals surface area contributed by atoms with E-state index in [2.05, 4.69) is 10.6 Å². The van der Waals surface area contributed by atoms with Gasteiger partial charge >= 0.3 is 5.97 Å². The van der Waals surface area contributed by atoms with Crippen LogP contribution in [0.2, 0.25) is 0 Å². The first kappa shape index (κ1) is 17.4. The van der Waals surface area contributed by atoms with Crippen molar-refractivity contribution in [3.63, 3.8) is 0 Å². The van der Waals surface area contributed by atoms with Crippen LogP contribution in [0.15, 0.2) is 30.3 Å². The minimum Gasteiger partial charge on any atom is -0.477 e. The molecule has 8 heteroatoms. The van der Waals surface area contributed by atoms with E-state index in [9.17, 15) is 14.0 Å². The lowest BCUT2D eigenvalue weighted by molar-refractivity contribution is 0.0702. The molecule has 0 radical (unpaired) electrons. The molecule has 0 bridgehead atoms. The van der Waals surface area contributed by atoms with E-state index in [0.29, 0.717) is 17.9 Å². The van der Waals surface area contributed by atoms with Crippen LogP contribution in [0.4, 0.5) is 15.8 Å². The molecule has 1 aromatic heterocycles. The number of thiophene rings is 1. The van der Waals surface area contributed by atoms with Crippen LogP contribution < -0.4 is 10.6 Å². The van der Waals surface area contributed by atoms with E-state index in [1.807, 2.05) is 0 Å². The second kappa shape index (κ2) is 7.62. The first-order valence-electron chi connectivity index (χ1n) is 7.82. The minimum absolute atomic E-state index is 0.0741. The highest BCUT2D eigenvalue weighted by atomic mass is 32.1. The third-order valence-corrected chi connectivity index (χ3v) is 4.88. The summed E-state index contributed by atoms with van der Waals surface area (Å²) < 4.78 is 19.6. The number of carbonyl (C=O) groups excluding carboxylic acids is 1. The number of carbonyl (C=O) groups is 2. The van der Waals surface area contributed by atoms with Crippen molar-refractivity contribution in [2.45, 2.75) is 18.9 Å². The fourth-order valence-corrected chi connectivity index (χ4v) is 3.27. The van der Waals surface area contributed by atoms with Gasteiger partial charge in [-0.15, -0.1) is 11.3 Å². The van der Waals surface area contributed by atoms with E-state index in [1.165, 1.54) is 18.2 Å². The fraction of sp³-hybridized carbons (Fsp3) is 0.294. The second-order valence-corrected chi connectivity index (χ2v) is 6.72. The van der Waals surface area contributed by atoms with E-state index in [4.69, 9.17) is 9.84 Å². The third-order valence-electron chi connectivity index (χ3n) is 3.81. The van der Waals surface area contributed by atoms with Crippen molar-refractivity contribution in [3.05, 3.63) is 45.9 Å². The SMILES string of the molecule is O=C(O)c1ccc(C(=O)Nc2ccc(NCC3CCCO3)c(F)c2)s1. The van der Waals surface area contributed by atoms with Gasteiger partial charge in [-0.1, -0.05) is 0 Å². The normalized spacial score (nSPS) is 16.6. The number of carboxylic acids is 1. The molecule has 2 heterocycles. The van der Waals surface area contributed by atoms with Crippen LogP contribution in [0.1, 0.15) is 32.2 Å². The van der Waals surface area contributed by atoms with Gasteiger partial charge in [0.1, 0.15) is 10.7 Å². The third kappa shape index (κ3) is 4.34. The van der Waals surface area contributed by atoms with Crippen LogP contribution >= 0.6 is 11.3 Å². The Bertz CT molecular complexity index is 787. The maximum atomic E-state index is 14.2. The summed E-state index contributed by atoms with van der Waals surface area (Å²) in [4.78, 5) is 23.3. The number of hydrogen-bond acceptors (Lipinski definition) is 5. The van der Waals surface area contributed by atoms with Gasteiger partial charge in [0.2, 0.25) is 0 Å². The Labute approximate surface area is 147 Å². The number of nitrogens with one attached hydrogen (secondary N) is 2. The molecule has 1 unspecified atom stereocenters. The van der Waals surface area contributed by atoms with Gasteiger partial charge in [-0.2, -0.15) is 0 Å². The van der Waals surface area contributed by atoms with Gasteiger partial charge in [0.25, 0.3) is 5.91 Å². The number of aromatic carboxylic acids is 1. The second-order valence-electron chi connectivity index (χ2n) is 5.63. The Morgan fingerprint density at radius 3 is 2.72 bits per heavy atom. The lowest BCUT2D eigenvalue weighted by Gasteiger charge is -2.13.